The third-order valence-electron chi connectivity index (χ3n) is 3.92. The Labute approximate surface area is 118 Å². The molecule has 1 N–H and O–H groups in total. The van der Waals surface area contributed by atoms with Crippen LogP contribution in [0.3, 0.4) is 0 Å². The minimum absolute atomic E-state index is 0.176. The SMILES string of the molecule is Cc1cc(N2CCC(C)C2)ccc1CNC(C)(C)C. The standard InChI is InChI=1S/C17H28N2/c1-13-8-9-19(12-13)16-7-6-15(14(2)10-16)11-18-17(3,4)5/h6-7,10,13,18H,8-9,11-12H2,1-5H3. The lowest BCUT2D eigenvalue weighted by molar-refractivity contribution is 0.424. The van der Waals surface area contributed by atoms with Crippen molar-refractivity contribution in [3.63, 3.8) is 0 Å². The van der Waals surface area contributed by atoms with Gasteiger partial charge in [-0.05, 0) is 63.3 Å². The molecule has 0 aliphatic carbocycles. The molecule has 1 aliphatic rings. The number of hydrogen-bond donors (Lipinski definition) is 1. The maximum absolute atomic E-state index is 3.56. The molecule has 1 heterocycles. The van der Waals surface area contributed by atoms with Gasteiger partial charge in [0.05, 0.1) is 0 Å². The van der Waals surface area contributed by atoms with Gasteiger partial charge in [-0.15, -0.1) is 0 Å². The molecule has 1 aromatic carbocycles. The maximum Gasteiger partial charge on any atom is 0.0369 e. The third kappa shape index (κ3) is 3.97. The fourth-order valence-electron chi connectivity index (χ4n) is 2.61. The molecule has 0 amide bonds. The largest absolute Gasteiger partial charge is 0.371 e. The van der Waals surface area contributed by atoms with Gasteiger partial charge >= 0.3 is 0 Å². The van der Waals surface area contributed by atoms with Crippen LogP contribution in [-0.2, 0) is 6.54 Å². The van der Waals surface area contributed by atoms with Crippen molar-refractivity contribution < 1.29 is 0 Å². The molecular weight excluding hydrogens is 232 g/mol. The predicted octanol–water partition coefficient (Wildman–Crippen LogP) is 3.73. The lowest BCUT2D eigenvalue weighted by atomic mass is 10.0. The molecule has 0 saturated carbocycles. The van der Waals surface area contributed by atoms with Crippen molar-refractivity contribution in [2.75, 3.05) is 18.0 Å². The van der Waals surface area contributed by atoms with Gasteiger partial charge < -0.3 is 10.2 Å². The third-order valence-corrected chi connectivity index (χ3v) is 3.92. The quantitative estimate of drug-likeness (QED) is 0.891. The number of benzene rings is 1. The molecule has 0 radical (unpaired) electrons. The Balaban J connectivity index is 2.05. The van der Waals surface area contributed by atoms with Crippen LogP contribution in [0.1, 0.15) is 45.2 Å². The molecule has 19 heavy (non-hydrogen) atoms. The minimum Gasteiger partial charge on any atom is -0.371 e. The lowest BCUT2D eigenvalue weighted by Crippen LogP contribution is -2.35. The Hall–Kier alpha value is -1.02. The number of rotatable bonds is 3. The summed E-state index contributed by atoms with van der Waals surface area (Å²) in [4.78, 5) is 2.51. The van der Waals surface area contributed by atoms with Crippen LogP contribution in [0.25, 0.3) is 0 Å². The number of hydrogen-bond acceptors (Lipinski definition) is 2. The zero-order chi connectivity index (χ0) is 14.0. The van der Waals surface area contributed by atoms with Crippen molar-refractivity contribution in [1.82, 2.24) is 5.32 Å². The van der Waals surface area contributed by atoms with Gasteiger partial charge in [0, 0.05) is 30.9 Å². The van der Waals surface area contributed by atoms with E-state index in [4.69, 9.17) is 0 Å². The number of anilines is 1. The van der Waals surface area contributed by atoms with Crippen molar-refractivity contribution in [1.29, 1.82) is 0 Å². The molecule has 1 aliphatic heterocycles. The van der Waals surface area contributed by atoms with Gasteiger partial charge in [-0.1, -0.05) is 13.0 Å². The van der Waals surface area contributed by atoms with E-state index in [-0.39, 0.29) is 5.54 Å². The molecule has 0 spiro atoms. The zero-order valence-electron chi connectivity index (χ0n) is 13.1. The van der Waals surface area contributed by atoms with E-state index >= 15 is 0 Å². The van der Waals surface area contributed by atoms with E-state index in [1.807, 2.05) is 0 Å². The van der Waals surface area contributed by atoms with Gasteiger partial charge in [0.15, 0.2) is 0 Å². The summed E-state index contributed by atoms with van der Waals surface area (Å²) < 4.78 is 0. The molecule has 106 valence electrons. The van der Waals surface area contributed by atoms with E-state index < -0.39 is 0 Å². The van der Waals surface area contributed by atoms with Crippen LogP contribution < -0.4 is 10.2 Å². The summed E-state index contributed by atoms with van der Waals surface area (Å²) in [6.07, 6.45) is 1.33. The molecule has 1 atom stereocenters. The van der Waals surface area contributed by atoms with Crippen molar-refractivity contribution >= 4 is 5.69 Å². The first-order valence-electron chi connectivity index (χ1n) is 7.45. The summed E-state index contributed by atoms with van der Waals surface area (Å²) in [5.74, 6) is 0.836. The zero-order valence-corrected chi connectivity index (χ0v) is 13.1. The predicted molar refractivity (Wildman–Crippen MR) is 83.8 cm³/mol. The number of nitrogens with zero attached hydrogens (tertiary/aromatic N) is 1. The van der Waals surface area contributed by atoms with Gasteiger partial charge in [-0.25, -0.2) is 0 Å². The molecular formula is C17H28N2. The highest BCUT2D eigenvalue weighted by Crippen LogP contribution is 2.25. The van der Waals surface area contributed by atoms with Crippen molar-refractivity contribution in [2.45, 2.75) is 53.1 Å². The lowest BCUT2D eigenvalue weighted by Gasteiger charge is -2.23. The van der Waals surface area contributed by atoms with Crippen molar-refractivity contribution in [3.05, 3.63) is 29.3 Å². The first-order chi connectivity index (χ1) is 8.85. The molecule has 0 bridgehead atoms. The fourth-order valence-corrected chi connectivity index (χ4v) is 2.61. The van der Waals surface area contributed by atoms with Crippen LogP contribution in [-0.4, -0.2) is 18.6 Å². The number of nitrogens with one attached hydrogen (secondary N) is 1. The highest BCUT2D eigenvalue weighted by atomic mass is 15.1. The van der Waals surface area contributed by atoms with Crippen LogP contribution >= 0.6 is 0 Å². The van der Waals surface area contributed by atoms with Gasteiger partial charge in [-0.2, -0.15) is 0 Å². The molecule has 1 unspecified atom stereocenters. The van der Waals surface area contributed by atoms with E-state index in [1.165, 1.54) is 36.3 Å². The van der Waals surface area contributed by atoms with Gasteiger partial charge in [0.1, 0.15) is 0 Å². The van der Waals surface area contributed by atoms with Crippen LogP contribution in [0.15, 0.2) is 18.2 Å². The number of aryl methyl sites for hydroxylation is 1. The van der Waals surface area contributed by atoms with Crippen LogP contribution in [0.2, 0.25) is 0 Å². The van der Waals surface area contributed by atoms with E-state index in [0.29, 0.717) is 0 Å². The smallest absolute Gasteiger partial charge is 0.0369 e. The summed E-state index contributed by atoms with van der Waals surface area (Å²) in [6.45, 7) is 14.6. The average Bonchev–Trinajstić information content (AvgIpc) is 2.73. The van der Waals surface area contributed by atoms with Gasteiger partial charge in [0.25, 0.3) is 0 Å². The Morgan fingerprint density at radius 3 is 2.58 bits per heavy atom. The first-order valence-corrected chi connectivity index (χ1v) is 7.45. The minimum atomic E-state index is 0.176. The van der Waals surface area contributed by atoms with E-state index in [9.17, 15) is 0 Å². The van der Waals surface area contributed by atoms with E-state index in [1.54, 1.807) is 0 Å². The van der Waals surface area contributed by atoms with Crippen LogP contribution in [0.5, 0.6) is 0 Å². The van der Waals surface area contributed by atoms with E-state index in [0.717, 1.165) is 12.5 Å². The highest BCUT2D eigenvalue weighted by Gasteiger charge is 2.19. The summed E-state index contributed by atoms with van der Waals surface area (Å²) in [6, 6.07) is 6.91. The monoisotopic (exact) mass is 260 g/mol. The normalized spacial score (nSPS) is 20.1. The van der Waals surface area contributed by atoms with Crippen molar-refractivity contribution in [3.8, 4) is 0 Å². The Morgan fingerprint density at radius 2 is 2.05 bits per heavy atom. The van der Waals surface area contributed by atoms with Crippen LogP contribution in [0, 0.1) is 12.8 Å². The molecule has 1 aromatic rings. The molecule has 2 heteroatoms. The van der Waals surface area contributed by atoms with Gasteiger partial charge in [-0.3, -0.25) is 0 Å². The second kappa shape index (κ2) is 5.54. The van der Waals surface area contributed by atoms with Crippen molar-refractivity contribution in [2.24, 2.45) is 5.92 Å². The second-order valence-corrected chi connectivity index (χ2v) is 7.05. The highest BCUT2D eigenvalue weighted by molar-refractivity contribution is 5.51. The topological polar surface area (TPSA) is 15.3 Å². The Kier molecular flexibility index (Phi) is 4.19. The van der Waals surface area contributed by atoms with Crippen LogP contribution in [0.4, 0.5) is 5.69 Å². The van der Waals surface area contributed by atoms with Gasteiger partial charge in [0.2, 0.25) is 0 Å². The molecule has 2 nitrogen and oxygen atoms in total. The second-order valence-electron chi connectivity index (χ2n) is 7.05. The first kappa shape index (κ1) is 14.4. The molecule has 1 saturated heterocycles. The summed E-state index contributed by atoms with van der Waals surface area (Å²) in [7, 11) is 0. The average molecular weight is 260 g/mol. The summed E-state index contributed by atoms with van der Waals surface area (Å²) >= 11 is 0. The summed E-state index contributed by atoms with van der Waals surface area (Å²) in [5, 5.41) is 3.56. The Morgan fingerprint density at radius 1 is 1.32 bits per heavy atom. The molecule has 1 fully saturated rings. The Bertz CT molecular complexity index is 431. The fraction of sp³-hybridized carbons (Fsp3) is 0.647. The van der Waals surface area contributed by atoms with E-state index in [2.05, 4.69) is 63.0 Å². The molecule has 2 rings (SSSR count). The summed E-state index contributed by atoms with van der Waals surface area (Å²) in [5.41, 5.74) is 4.37. The maximum atomic E-state index is 3.56. The molecule has 0 aromatic heterocycles.